The van der Waals surface area contributed by atoms with Crippen molar-refractivity contribution in [1.29, 1.82) is 0 Å². The second-order valence-corrected chi connectivity index (χ2v) is 4.20. The molecule has 0 fully saturated rings. The molecule has 0 aliphatic carbocycles. The highest BCUT2D eigenvalue weighted by Crippen LogP contribution is 1.87. The van der Waals surface area contributed by atoms with Crippen LogP contribution in [-0.4, -0.2) is 5.78 Å². The van der Waals surface area contributed by atoms with Crippen LogP contribution in [0.25, 0.3) is 0 Å². The predicted molar refractivity (Wildman–Crippen MR) is 75.6 cm³/mol. The lowest BCUT2D eigenvalue weighted by atomic mass is 10.3. The van der Waals surface area contributed by atoms with Gasteiger partial charge in [0, 0.05) is 0 Å². The largest absolute Gasteiger partial charge is 0.295 e. The molecule has 0 aromatic rings. The maximum absolute atomic E-state index is 10.2. The van der Waals surface area contributed by atoms with Gasteiger partial charge in [-0.2, -0.15) is 0 Å². The molecule has 0 atom stereocenters. The van der Waals surface area contributed by atoms with E-state index in [1.165, 1.54) is 24.1 Å². The first-order valence-electron chi connectivity index (χ1n) is 5.18. The van der Waals surface area contributed by atoms with Crippen molar-refractivity contribution in [3.63, 3.8) is 0 Å². The Morgan fingerprint density at radius 1 is 0.750 bits per heavy atom. The molecule has 92 valence electrons. The van der Waals surface area contributed by atoms with Gasteiger partial charge in [0.25, 0.3) is 0 Å². The summed E-state index contributed by atoms with van der Waals surface area (Å²) in [5, 5.41) is 0. The fourth-order valence-corrected chi connectivity index (χ4v) is 0.260. The molecule has 0 radical (unpaired) electrons. The Bertz CT molecular complexity index is 231. The fourth-order valence-electron chi connectivity index (χ4n) is 0.260. The third-order valence-electron chi connectivity index (χ3n) is 0.603. The van der Waals surface area contributed by atoms with Gasteiger partial charge >= 0.3 is 0 Å². The summed E-state index contributed by atoms with van der Waals surface area (Å²) in [5.41, 5.74) is 3.24. The van der Waals surface area contributed by atoms with Crippen molar-refractivity contribution < 1.29 is 4.79 Å². The smallest absolute Gasteiger partial charge is 0.152 e. The van der Waals surface area contributed by atoms with Crippen LogP contribution in [0.4, 0.5) is 0 Å². The van der Waals surface area contributed by atoms with Crippen LogP contribution in [0.1, 0.15) is 41.5 Å². The molecule has 0 saturated carbocycles. The lowest BCUT2D eigenvalue weighted by Gasteiger charge is -1.80. The van der Waals surface area contributed by atoms with E-state index in [4.69, 9.17) is 0 Å². The quantitative estimate of drug-likeness (QED) is 0.370. The standard InChI is InChI=1S/C7H10O.2C4H8/c1-6(2)4-5-7(3)8;2*1-4(2)3/h4-5H,1H2,2-3H3;2*1H2,2-3H3/b5-4-;;. The minimum absolute atomic E-state index is 0.0630. The van der Waals surface area contributed by atoms with Crippen molar-refractivity contribution in [2.75, 3.05) is 0 Å². The van der Waals surface area contributed by atoms with Gasteiger partial charge in [-0.05, 0) is 47.6 Å². The minimum Gasteiger partial charge on any atom is -0.295 e. The first kappa shape index (κ1) is 20.1. The van der Waals surface area contributed by atoms with Crippen molar-refractivity contribution in [3.8, 4) is 0 Å². The number of carbonyl (C=O) groups excluding carboxylic acids is 1. The van der Waals surface area contributed by atoms with Crippen LogP contribution in [0.5, 0.6) is 0 Å². The van der Waals surface area contributed by atoms with Crippen LogP contribution in [-0.2, 0) is 4.79 Å². The molecule has 0 spiro atoms. The van der Waals surface area contributed by atoms with Gasteiger partial charge in [-0.1, -0.05) is 29.4 Å². The van der Waals surface area contributed by atoms with Crippen LogP contribution >= 0.6 is 0 Å². The summed E-state index contributed by atoms with van der Waals surface area (Å²) in [6.07, 6.45) is 3.20. The zero-order valence-corrected chi connectivity index (χ0v) is 11.7. The molecular weight excluding hydrogens is 196 g/mol. The van der Waals surface area contributed by atoms with E-state index in [1.807, 2.05) is 34.6 Å². The Labute approximate surface area is 101 Å². The van der Waals surface area contributed by atoms with Gasteiger partial charge < -0.3 is 0 Å². The molecule has 0 amide bonds. The average Bonchev–Trinajstić information content (AvgIpc) is 1.98. The van der Waals surface area contributed by atoms with Crippen LogP contribution in [0.2, 0.25) is 0 Å². The third kappa shape index (κ3) is 130. The lowest BCUT2D eigenvalue weighted by Crippen LogP contribution is -1.78. The number of ketones is 1. The molecule has 0 aliphatic heterocycles. The summed E-state index contributed by atoms with van der Waals surface area (Å²) in [4.78, 5) is 10.2. The van der Waals surface area contributed by atoms with Crippen molar-refractivity contribution >= 4 is 5.78 Å². The highest BCUT2D eigenvalue weighted by molar-refractivity contribution is 5.87. The maximum atomic E-state index is 10.2. The molecule has 0 rings (SSSR count). The molecule has 0 heterocycles. The maximum Gasteiger partial charge on any atom is 0.152 e. The monoisotopic (exact) mass is 222 g/mol. The third-order valence-corrected chi connectivity index (χ3v) is 0.603. The molecule has 1 heteroatoms. The summed E-state index contributed by atoms with van der Waals surface area (Å²) >= 11 is 0. The number of hydrogen-bond acceptors (Lipinski definition) is 1. The SMILES string of the molecule is C=C(C)/C=C\C(C)=O.C=C(C)C.C=C(C)C. The van der Waals surface area contributed by atoms with E-state index in [1.54, 1.807) is 6.08 Å². The minimum atomic E-state index is 0.0630. The van der Waals surface area contributed by atoms with Gasteiger partial charge in [-0.15, -0.1) is 13.2 Å². The topological polar surface area (TPSA) is 17.1 Å². The lowest BCUT2D eigenvalue weighted by molar-refractivity contribution is -0.112. The van der Waals surface area contributed by atoms with Crippen LogP contribution in [0.15, 0.2) is 48.6 Å². The number of allylic oxidation sites excluding steroid dienone is 5. The molecule has 0 aliphatic rings. The summed E-state index contributed by atoms with van der Waals surface area (Å²) in [5.74, 6) is 0.0630. The Morgan fingerprint density at radius 2 is 1.00 bits per heavy atom. The van der Waals surface area contributed by atoms with Gasteiger partial charge in [0.2, 0.25) is 0 Å². The fraction of sp³-hybridized carbons (Fsp3) is 0.400. The molecule has 0 aromatic heterocycles. The summed E-state index contributed by atoms with van der Waals surface area (Å²) in [6, 6.07) is 0. The number of rotatable bonds is 2. The number of carbonyl (C=O) groups is 1. The molecular formula is C15H26O. The van der Waals surface area contributed by atoms with E-state index in [0.717, 1.165) is 5.57 Å². The van der Waals surface area contributed by atoms with Gasteiger partial charge in [0.15, 0.2) is 5.78 Å². The van der Waals surface area contributed by atoms with E-state index in [9.17, 15) is 4.79 Å². The highest BCUT2D eigenvalue weighted by atomic mass is 16.1. The Morgan fingerprint density at radius 3 is 1.06 bits per heavy atom. The normalized spacial score (nSPS) is 8.12. The summed E-state index contributed by atoms with van der Waals surface area (Å²) in [6.45, 7) is 21.9. The Kier molecular flexibility index (Phi) is 17.1. The summed E-state index contributed by atoms with van der Waals surface area (Å²) in [7, 11) is 0. The predicted octanol–water partition coefficient (Wildman–Crippen LogP) is 4.87. The number of hydrogen-bond donors (Lipinski definition) is 0. The van der Waals surface area contributed by atoms with Crippen molar-refractivity contribution in [2.24, 2.45) is 0 Å². The van der Waals surface area contributed by atoms with E-state index < -0.39 is 0 Å². The van der Waals surface area contributed by atoms with E-state index >= 15 is 0 Å². The van der Waals surface area contributed by atoms with Crippen molar-refractivity contribution in [3.05, 3.63) is 48.6 Å². The first-order chi connectivity index (χ1) is 7.09. The molecule has 0 bridgehead atoms. The van der Waals surface area contributed by atoms with Gasteiger partial charge in [-0.25, -0.2) is 0 Å². The average molecular weight is 222 g/mol. The van der Waals surface area contributed by atoms with E-state index in [2.05, 4.69) is 19.7 Å². The van der Waals surface area contributed by atoms with E-state index in [0.29, 0.717) is 0 Å². The van der Waals surface area contributed by atoms with Gasteiger partial charge in [0.1, 0.15) is 0 Å². The molecule has 1 nitrogen and oxygen atoms in total. The van der Waals surface area contributed by atoms with E-state index in [-0.39, 0.29) is 5.78 Å². The first-order valence-corrected chi connectivity index (χ1v) is 5.18. The Balaban J connectivity index is -0.000000179. The zero-order chi connectivity index (χ0) is 13.7. The zero-order valence-electron chi connectivity index (χ0n) is 11.7. The molecule has 0 saturated heterocycles. The molecule has 0 N–H and O–H groups in total. The van der Waals surface area contributed by atoms with Gasteiger partial charge in [0.05, 0.1) is 0 Å². The Hall–Kier alpha value is -1.37. The van der Waals surface area contributed by atoms with Crippen LogP contribution < -0.4 is 0 Å². The molecule has 16 heavy (non-hydrogen) atoms. The summed E-state index contributed by atoms with van der Waals surface area (Å²) < 4.78 is 0. The second kappa shape index (κ2) is 13.6. The van der Waals surface area contributed by atoms with Crippen LogP contribution in [0, 0.1) is 0 Å². The highest BCUT2D eigenvalue weighted by Gasteiger charge is 1.78. The molecule has 0 unspecified atom stereocenters. The van der Waals surface area contributed by atoms with Crippen molar-refractivity contribution in [2.45, 2.75) is 41.5 Å². The second-order valence-electron chi connectivity index (χ2n) is 4.20. The van der Waals surface area contributed by atoms with Crippen LogP contribution in [0.3, 0.4) is 0 Å². The van der Waals surface area contributed by atoms with Gasteiger partial charge in [-0.3, -0.25) is 4.79 Å². The molecule has 0 aromatic carbocycles. The van der Waals surface area contributed by atoms with Crippen molar-refractivity contribution in [1.82, 2.24) is 0 Å².